The molecule has 0 unspecified atom stereocenters. The molecular formula is C8H9BrN2O2. The maximum atomic E-state index is 5.04. The van der Waals surface area contributed by atoms with E-state index < -0.39 is 0 Å². The van der Waals surface area contributed by atoms with Crippen molar-refractivity contribution in [2.75, 3.05) is 14.2 Å². The van der Waals surface area contributed by atoms with Gasteiger partial charge in [0.25, 0.3) is 0 Å². The molecular weight excluding hydrogens is 236 g/mol. The van der Waals surface area contributed by atoms with Crippen molar-refractivity contribution in [3.05, 3.63) is 16.7 Å². The molecule has 4 nitrogen and oxygen atoms in total. The van der Waals surface area contributed by atoms with Crippen LogP contribution in [0.2, 0.25) is 0 Å². The first-order valence-corrected chi connectivity index (χ1v) is 4.45. The summed E-state index contributed by atoms with van der Waals surface area (Å²) in [7, 11) is 3.06. The molecule has 0 spiro atoms. The summed E-state index contributed by atoms with van der Waals surface area (Å²) in [4.78, 5) is 9.65. The molecule has 1 heterocycles. The van der Waals surface area contributed by atoms with Crippen LogP contribution >= 0.6 is 15.9 Å². The summed E-state index contributed by atoms with van der Waals surface area (Å²) in [5.41, 5.74) is 0.792. The van der Waals surface area contributed by atoms with E-state index in [2.05, 4.69) is 25.9 Å². The number of hydrogen-bond acceptors (Lipinski definition) is 4. The average Bonchev–Trinajstić information content (AvgIpc) is 2.19. The topological polar surface area (TPSA) is 44.2 Å². The van der Waals surface area contributed by atoms with E-state index in [-0.39, 0.29) is 0 Å². The van der Waals surface area contributed by atoms with Crippen LogP contribution in [0.5, 0.6) is 11.9 Å². The molecule has 0 bridgehead atoms. The molecule has 0 radical (unpaired) electrons. The Kier molecular flexibility index (Phi) is 3.70. The molecule has 0 atom stereocenters. The number of nitrogens with zero attached hydrogens (tertiary/aromatic N) is 2. The van der Waals surface area contributed by atoms with Crippen LogP contribution in [-0.4, -0.2) is 24.2 Å². The summed E-state index contributed by atoms with van der Waals surface area (Å²) < 4.78 is 9.89. The van der Waals surface area contributed by atoms with Crippen LogP contribution in [0.1, 0.15) is 5.56 Å². The van der Waals surface area contributed by atoms with Crippen molar-refractivity contribution in [3.8, 4) is 11.9 Å². The zero-order chi connectivity index (χ0) is 9.68. The lowest BCUT2D eigenvalue weighted by Crippen LogP contribution is -1.96. The second kappa shape index (κ2) is 4.81. The summed E-state index contributed by atoms with van der Waals surface area (Å²) in [6.45, 7) is 0. The lowest BCUT2D eigenvalue weighted by molar-refractivity contribution is 0.351. The number of methoxy groups -OCH3 is 2. The van der Waals surface area contributed by atoms with E-state index in [4.69, 9.17) is 9.47 Å². The predicted octanol–water partition coefficient (Wildman–Crippen LogP) is 1.86. The third kappa shape index (κ3) is 2.42. The minimum atomic E-state index is 0.295. The Morgan fingerprint density at radius 2 is 2.15 bits per heavy atom. The molecule has 0 saturated heterocycles. The molecule has 13 heavy (non-hydrogen) atoms. The number of hydrogen-bond donors (Lipinski definition) is 0. The van der Waals surface area contributed by atoms with Crippen molar-refractivity contribution < 1.29 is 9.47 Å². The van der Waals surface area contributed by atoms with Crippen LogP contribution in [0.25, 0.3) is 6.08 Å². The summed E-state index contributed by atoms with van der Waals surface area (Å²) >= 11 is 3.16. The van der Waals surface area contributed by atoms with E-state index in [1.165, 1.54) is 7.11 Å². The van der Waals surface area contributed by atoms with Gasteiger partial charge < -0.3 is 9.47 Å². The molecule has 0 aliphatic heterocycles. The fourth-order valence-corrected chi connectivity index (χ4v) is 1.09. The minimum Gasteiger partial charge on any atom is -0.480 e. The van der Waals surface area contributed by atoms with Crippen molar-refractivity contribution in [3.63, 3.8) is 0 Å². The number of rotatable bonds is 3. The molecule has 0 N–H and O–H groups in total. The van der Waals surface area contributed by atoms with Gasteiger partial charge in [0, 0.05) is 6.20 Å². The third-order valence-electron chi connectivity index (χ3n) is 1.38. The lowest BCUT2D eigenvalue weighted by Gasteiger charge is -2.03. The lowest BCUT2D eigenvalue weighted by atomic mass is 10.3. The van der Waals surface area contributed by atoms with E-state index in [9.17, 15) is 0 Å². The van der Waals surface area contributed by atoms with Gasteiger partial charge in [-0.15, -0.1) is 0 Å². The molecule has 1 rings (SSSR count). The van der Waals surface area contributed by atoms with Gasteiger partial charge in [-0.05, 0) is 11.1 Å². The fraction of sp³-hybridized carbons (Fsp3) is 0.250. The van der Waals surface area contributed by atoms with Crippen LogP contribution in [0, 0.1) is 0 Å². The molecule has 5 heteroatoms. The van der Waals surface area contributed by atoms with Gasteiger partial charge in [0.05, 0.1) is 19.8 Å². The minimum absolute atomic E-state index is 0.295. The normalized spacial score (nSPS) is 10.4. The second-order valence-electron chi connectivity index (χ2n) is 2.11. The van der Waals surface area contributed by atoms with Crippen molar-refractivity contribution in [1.29, 1.82) is 0 Å². The highest BCUT2D eigenvalue weighted by Gasteiger charge is 2.04. The summed E-state index contributed by atoms with van der Waals surface area (Å²) in [5.74, 6) is 0.488. The van der Waals surface area contributed by atoms with Gasteiger partial charge in [-0.2, -0.15) is 4.98 Å². The average molecular weight is 245 g/mol. The summed E-state index contributed by atoms with van der Waals surface area (Å²) in [6.07, 6.45) is 3.42. The number of aromatic nitrogens is 2. The van der Waals surface area contributed by atoms with Crippen LogP contribution < -0.4 is 9.47 Å². The van der Waals surface area contributed by atoms with Gasteiger partial charge in [0.1, 0.15) is 0 Å². The standard InChI is InChI=1S/C8H9BrN2O2/c1-12-7-6(3-4-9)5-10-8(11-7)13-2/h3-5H,1-2H3/b4-3+. The summed E-state index contributed by atoms with van der Waals surface area (Å²) in [5, 5.41) is 0. The largest absolute Gasteiger partial charge is 0.480 e. The number of ether oxygens (including phenoxy) is 2. The van der Waals surface area contributed by atoms with E-state index in [0.717, 1.165) is 5.56 Å². The quantitative estimate of drug-likeness (QED) is 0.815. The Morgan fingerprint density at radius 1 is 1.38 bits per heavy atom. The number of halogens is 1. The Morgan fingerprint density at radius 3 is 2.69 bits per heavy atom. The first-order chi connectivity index (χ1) is 6.31. The predicted molar refractivity (Wildman–Crippen MR) is 53.1 cm³/mol. The molecule has 70 valence electrons. The van der Waals surface area contributed by atoms with Gasteiger partial charge in [-0.3, -0.25) is 0 Å². The smallest absolute Gasteiger partial charge is 0.319 e. The Labute approximate surface area is 84.7 Å². The van der Waals surface area contributed by atoms with Crippen molar-refractivity contribution in [2.45, 2.75) is 0 Å². The van der Waals surface area contributed by atoms with Crippen molar-refractivity contribution in [2.24, 2.45) is 0 Å². The highest BCUT2D eigenvalue weighted by atomic mass is 79.9. The molecule has 0 aliphatic rings. The van der Waals surface area contributed by atoms with E-state index in [0.29, 0.717) is 11.9 Å². The van der Waals surface area contributed by atoms with Crippen molar-refractivity contribution in [1.82, 2.24) is 9.97 Å². The van der Waals surface area contributed by atoms with Crippen LogP contribution in [0.4, 0.5) is 0 Å². The van der Waals surface area contributed by atoms with E-state index >= 15 is 0 Å². The van der Waals surface area contributed by atoms with Gasteiger partial charge >= 0.3 is 6.01 Å². The van der Waals surface area contributed by atoms with Crippen molar-refractivity contribution >= 4 is 22.0 Å². The van der Waals surface area contributed by atoms with Gasteiger partial charge in [0.15, 0.2) is 0 Å². The molecule has 0 saturated carbocycles. The van der Waals surface area contributed by atoms with Gasteiger partial charge in [0.2, 0.25) is 5.88 Å². The first kappa shape index (κ1) is 9.98. The monoisotopic (exact) mass is 244 g/mol. The third-order valence-corrected chi connectivity index (χ3v) is 1.64. The van der Waals surface area contributed by atoms with Crippen LogP contribution in [0.15, 0.2) is 11.2 Å². The maximum Gasteiger partial charge on any atom is 0.319 e. The SMILES string of the molecule is COc1ncc(/C=C/Br)c(OC)n1. The molecule has 0 aliphatic carbocycles. The molecule has 0 amide bonds. The van der Waals surface area contributed by atoms with Gasteiger partial charge in [-0.25, -0.2) is 4.98 Å². The fourth-order valence-electron chi connectivity index (χ4n) is 0.804. The Balaban J connectivity index is 3.07. The summed E-state index contributed by atoms with van der Waals surface area (Å²) in [6, 6.07) is 0.295. The van der Waals surface area contributed by atoms with Crippen LogP contribution in [-0.2, 0) is 0 Å². The Bertz CT molecular complexity index is 315. The Hall–Kier alpha value is -1.10. The highest BCUT2D eigenvalue weighted by molar-refractivity contribution is 9.11. The van der Waals surface area contributed by atoms with Gasteiger partial charge in [-0.1, -0.05) is 15.9 Å². The second-order valence-corrected chi connectivity index (χ2v) is 2.64. The molecule has 1 aromatic heterocycles. The zero-order valence-electron chi connectivity index (χ0n) is 7.32. The van der Waals surface area contributed by atoms with E-state index in [1.54, 1.807) is 24.4 Å². The first-order valence-electron chi connectivity index (χ1n) is 3.53. The van der Waals surface area contributed by atoms with Crippen LogP contribution in [0.3, 0.4) is 0 Å². The molecule has 0 aromatic carbocycles. The molecule has 0 fully saturated rings. The zero-order valence-corrected chi connectivity index (χ0v) is 8.91. The molecule has 1 aromatic rings. The highest BCUT2D eigenvalue weighted by Crippen LogP contribution is 2.18. The van der Waals surface area contributed by atoms with E-state index in [1.807, 2.05) is 0 Å². The maximum absolute atomic E-state index is 5.04.